The quantitative estimate of drug-likeness (QED) is 0.507. The summed E-state index contributed by atoms with van der Waals surface area (Å²) in [5.74, 6) is 0.876. The predicted molar refractivity (Wildman–Crippen MR) is 138 cm³/mol. The first-order valence-electron chi connectivity index (χ1n) is 11.7. The van der Waals surface area contributed by atoms with Crippen molar-refractivity contribution in [2.24, 2.45) is 11.8 Å². The van der Waals surface area contributed by atoms with Gasteiger partial charge in [-0.15, -0.1) is 0 Å². The molecule has 1 aliphatic heterocycles. The van der Waals surface area contributed by atoms with Crippen LogP contribution >= 0.6 is 11.8 Å². The number of nitrogens with zero attached hydrogens (tertiary/aromatic N) is 2. The van der Waals surface area contributed by atoms with Crippen molar-refractivity contribution in [1.29, 1.82) is 0 Å². The van der Waals surface area contributed by atoms with Crippen LogP contribution in [0.25, 0.3) is 6.08 Å². The largest absolute Gasteiger partial charge is 0.353 e. The predicted octanol–water partition coefficient (Wildman–Crippen LogP) is 4.90. The second-order valence-corrected chi connectivity index (χ2v) is 10.4. The van der Waals surface area contributed by atoms with Gasteiger partial charge in [0.2, 0.25) is 5.91 Å². The van der Waals surface area contributed by atoms with Gasteiger partial charge in [0.1, 0.15) is 6.54 Å². The molecule has 0 aromatic heterocycles. The molecular formula is C27H35N3O2S. The second kappa shape index (κ2) is 12.1. The van der Waals surface area contributed by atoms with Crippen molar-refractivity contribution >= 4 is 35.3 Å². The molecular weight excluding hydrogens is 430 g/mol. The van der Waals surface area contributed by atoms with Crippen molar-refractivity contribution in [2.75, 3.05) is 37.6 Å². The maximum Gasteiger partial charge on any atom is 0.265 e. The van der Waals surface area contributed by atoms with Gasteiger partial charge in [-0.25, -0.2) is 0 Å². The molecule has 1 heterocycles. The number of amides is 2. The Labute approximate surface area is 202 Å². The summed E-state index contributed by atoms with van der Waals surface area (Å²) in [6, 6.07) is 17.5. The lowest BCUT2D eigenvalue weighted by Gasteiger charge is -2.30. The van der Waals surface area contributed by atoms with E-state index in [1.807, 2.05) is 60.7 Å². The van der Waals surface area contributed by atoms with Crippen molar-refractivity contribution < 1.29 is 9.59 Å². The van der Waals surface area contributed by atoms with Crippen molar-refractivity contribution in [2.45, 2.75) is 32.6 Å². The monoisotopic (exact) mass is 465 g/mol. The lowest BCUT2D eigenvalue weighted by molar-refractivity contribution is -0.122. The molecule has 0 fully saturated rings. The number of thioether (sulfide) groups is 1. The number of hydrogen-bond donors (Lipinski definition) is 1. The van der Waals surface area contributed by atoms with Gasteiger partial charge in [0.05, 0.1) is 10.6 Å². The van der Waals surface area contributed by atoms with Crippen LogP contribution in [0.3, 0.4) is 0 Å². The van der Waals surface area contributed by atoms with Crippen LogP contribution < -0.4 is 10.2 Å². The van der Waals surface area contributed by atoms with Gasteiger partial charge in [0, 0.05) is 31.1 Å². The van der Waals surface area contributed by atoms with E-state index in [1.165, 1.54) is 11.8 Å². The third-order valence-electron chi connectivity index (χ3n) is 5.23. The van der Waals surface area contributed by atoms with Crippen LogP contribution in [0.2, 0.25) is 0 Å². The smallest absolute Gasteiger partial charge is 0.265 e. The van der Waals surface area contributed by atoms with Crippen molar-refractivity contribution in [3.63, 3.8) is 0 Å². The van der Waals surface area contributed by atoms with Crippen LogP contribution in [0.1, 0.15) is 33.3 Å². The number of fused-ring (bicyclic) bond motifs is 1. The molecule has 0 radical (unpaired) electrons. The molecule has 2 aromatic carbocycles. The first-order valence-corrected chi connectivity index (χ1v) is 12.5. The van der Waals surface area contributed by atoms with Crippen LogP contribution in [0.4, 0.5) is 5.69 Å². The highest BCUT2D eigenvalue weighted by Crippen LogP contribution is 2.41. The molecule has 33 heavy (non-hydrogen) atoms. The Morgan fingerprint density at radius 2 is 1.64 bits per heavy atom. The van der Waals surface area contributed by atoms with Gasteiger partial charge in [-0.1, -0.05) is 81.9 Å². The molecule has 3 rings (SSSR count). The molecule has 0 saturated heterocycles. The Balaban J connectivity index is 1.67. The van der Waals surface area contributed by atoms with E-state index in [2.05, 4.69) is 37.9 Å². The van der Waals surface area contributed by atoms with E-state index in [9.17, 15) is 9.59 Å². The molecule has 176 valence electrons. The second-order valence-electron chi connectivity index (χ2n) is 9.28. The van der Waals surface area contributed by atoms with Crippen LogP contribution in [0.15, 0.2) is 64.4 Å². The molecule has 0 saturated carbocycles. The molecule has 6 heteroatoms. The zero-order valence-corrected chi connectivity index (χ0v) is 20.9. The highest BCUT2D eigenvalue weighted by molar-refractivity contribution is 8.04. The standard InChI is InChI=1S/C27H35N3O2S/c1-20(2)17-29(18-21(3)4)15-14-28-26(31)19-30-23-12-8-9-13-24(23)33-25(27(30)32)16-22-10-6-5-7-11-22/h5-13,16,20-21H,14-15,17-19H2,1-4H3,(H,28,31). The van der Waals surface area contributed by atoms with Crippen LogP contribution in [-0.4, -0.2) is 49.4 Å². The van der Waals surface area contributed by atoms with E-state index in [-0.39, 0.29) is 18.4 Å². The SMILES string of the molecule is CC(C)CN(CCNC(=O)CN1C(=O)C(=Cc2ccccc2)Sc2ccccc21)CC(C)C. The number of benzene rings is 2. The molecule has 1 aliphatic rings. The Hall–Kier alpha value is -2.57. The normalized spacial score (nSPS) is 14.9. The van der Waals surface area contributed by atoms with Crippen LogP contribution in [0, 0.1) is 11.8 Å². The summed E-state index contributed by atoms with van der Waals surface area (Å²) in [5, 5.41) is 3.02. The molecule has 5 nitrogen and oxygen atoms in total. The first kappa shape index (κ1) is 25.1. The zero-order valence-electron chi connectivity index (χ0n) is 20.1. The molecule has 2 aromatic rings. The summed E-state index contributed by atoms with van der Waals surface area (Å²) in [5.41, 5.74) is 1.75. The number of hydrogen-bond acceptors (Lipinski definition) is 4. The van der Waals surface area contributed by atoms with Crippen molar-refractivity contribution in [1.82, 2.24) is 10.2 Å². The van der Waals surface area contributed by atoms with Gasteiger partial charge in [-0.05, 0) is 35.6 Å². The van der Waals surface area contributed by atoms with Crippen molar-refractivity contribution in [3.05, 3.63) is 65.1 Å². The lowest BCUT2D eigenvalue weighted by Crippen LogP contribution is -2.45. The molecule has 0 atom stereocenters. The summed E-state index contributed by atoms with van der Waals surface area (Å²) in [6.45, 7) is 12.3. The van der Waals surface area contributed by atoms with Gasteiger partial charge in [0.15, 0.2) is 0 Å². The van der Waals surface area contributed by atoms with Gasteiger partial charge >= 0.3 is 0 Å². The fourth-order valence-corrected chi connectivity index (χ4v) is 5.02. The Morgan fingerprint density at radius 3 is 2.30 bits per heavy atom. The number of rotatable bonds is 10. The summed E-state index contributed by atoms with van der Waals surface area (Å²) < 4.78 is 0. The van der Waals surface area contributed by atoms with Crippen molar-refractivity contribution in [3.8, 4) is 0 Å². The summed E-state index contributed by atoms with van der Waals surface area (Å²) in [4.78, 5) is 31.7. The minimum atomic E-state index is -0.141. The van der Waals surface area contributed by atoms with E-state index in [4.69, 9.17) is 0 Å². The van der Waals surface area contributed by atoms with Gasteiger partial charge in [-0.3, -0.25) is 14.5 Å². The average Bonchev–Trinajstić information content (AvgIpc) is 2.76. The van der Waals surface area contributed by atoms with E-state index >= 15 is 0 Å². The van der Waals surface area contributed by atoms with Gasteiger partial charge in [-0.2, -0.15) is 0 Å². The van der Waals surface area contributed by atoms with E-state index in [0.29, 0.717) is 23.3 Å². The highest BCUT2D eigenvalue weighted by atomic mass is 32.2. The number of nitrogens with one attached hydrogen (secondary N) is 1. The Bertz CT molecular complexity index is 962. The fraction of sp³-hybridized carbons (Fsp3) is 0.407. The molecule has 1 N–H and O–H groups in total. The maximum atomic E-state index is 13.3. The molecule has 0 spiro atoms. The number of carbonyl (C=O) groups excluding carboxylic acids is 2. The number of para-hydroxylation sites is 1. The van der Waals surface area contributed by atoms with E-state index in [0.717, 1.165) is 35.8 Å². The average molecular weight is 466 g/mol. The Kier molecular flexibility index (Phi) is 9.15. The minimum Gasteiger partial charge on any atom is -0.353 e. The fourth-order valence-electron chi connectivity index (χ4n) is 3.96. The molecule has 0 unspecified atom stereocenters. The van der Waals surface area contributed by atoms with E-state index < -0.39 is 0 Å². The third-order valence-corrected chi connectivity index (χ3v) is 6.31. The summed E-state index contributed by atoms with van der Waals surface area (Å²) >= 11 is 1.46. The molecule has 2 amide bonds. The number of carbonyl (C=O) groups is 2. The topological polar surface area (TPSA) is 52.7 Å². The van der Waals surface area contributed by atoms with Crippen LogP contribution in [-0.2, 0) is 9.59 Å². The van der Waals surface area contributed by atoms with Crippen LogP contribution in [0.5, 0.6) is 0 Å². The van der Waals surface area contributed by atoms with E-state index in [1.54, 1.807) is 4.90 Å². The summed E-state index contributed by atoms with van der Waals surface area (Å²) in [7, 11) is 0. The first-order chi connectivity index (χ1) is 15.8. The molecule has 0 aliphatic carbocycles. The molecule has 0 bridgehead atoms. The zero-order chi connectivity index (χ0) is 23.8. The third kappa shape index (κ3) is 7.47. The Morgan fingerprint density at radius 1 is 1.00 bits per heavy atom. The minimum absolute atomic E-state index is 0.0108. The number of anilines is 1. The maximum absolute atomic E-state index is 13.3. The van der Waals surface area contributed by atoms with Gasteiger partial charge in [0.25, 0.3) is 5.91 Å². The van der Waals surface area contributed by atoms with Gasteiger partial charge < -0.3 is 10.2 Å². The lowest BCUT2D eigenvalue weighted by atomic mass is 10.1. The summed E-state index contributed by atoms with van der Waals surface area (Å²) in [6.07, 6.45) is 1.89. The highest BCUT2D eigenvalue weighted by Gasteiger charge is 2.30.